The van der Waals surface area contributed by atoms with Crippen molar-refractivity contribution in [1.29, 1.82) is 0 Å². The number of rotatable bonds is 5. The fraction of sp³-hybridized carbons (Fsp3) is 0.917. The van der Waals surface area contributed by atoms with Crippen molar-refractivity contribution in [2.24, 2.45) is 5.92 Å². The fourth-order valence-corrected chi connectivity index (χ4v) is 1.90. The van der Waals surface area contributed by atoms with Gasteiger partial charge in [-0.1, -0.05) is 26.7 Å². The molecule has 0 spiro atoms. The first-order valence-corrected chi connectivity index (χ1v) is 6.34. The van der Waals surface area contributed by atoms with Crippen molar-refractivity contribution >= 4 is 17.7 Å². The van der Waals surface area contributed by atoms with Crippen molar-refractivity contribution < 1.29 is 9.53 Å². The lowest BCUT2D eigenvalue weighted by atomic mass is 9.99. The highest BCUT2D eigenvalue weighted by Crippen LogP contribution is 2.17. The summed E-state index contributed by atoms with van der Waals surface area (Å²) in [6.07, 6.45) is 1.66. The summed E-state index contributed by atoms with van der Waals surface area (Å²) >= 11 is 6.19. The first-order chi connectivity index (χ1) is 7.30. The number of hydrogen-bond donors (Lipinski definition) is 1. The number of carbonyl (C=O) groups is 1. The van der Waals surface area contributed by atoms with Crippen LogP contribution in [-0.2, 0) is 4.74 Å². The zero-order valence-corrected chi connectivity index (χ0v) is 11.7. The van der Waals surface area contributed by atoms with Gasteiger partial charge >= 0.3 is 6.09 Å². The number of halogens is 1. The number of alkyl carbamates (subject to hydrolysis) is 1. The minimum absolute atomic E-state index is 0.0254. The van der Waals surface area contributed by atoms with Crippen molar-refractivity contribution in [2.45, 2.75) is 58.4 Å². The molecule has 16 heavy (non-hydrogen) atoms. The van der Waals surface area contributed by atoms with E-state index in [1.54, 1.807) is 0 Å². The molecule has 1 atom stereocenters. The normalized spacial score (nSPS) is 13.7. The van der Waals surface area contributed by atoms with Gasteiger partial charge in [0.25, 0.3) is 0 Å². The van der Waals surface area contributed by atoms with E-state index in [9.17, 15) is 4.79 Å². The summed E-state index contributed by atoms with van der Waals surface area (Å²) in [5.41, 5.74) is -0.458. The highest BCUT2D eigenvalue weighted by atomic mass is 35.5. The third kappa shape index (κ3) is 6.94. The third-order valence-electron chi connectivity index (χ3n) is 2.40. The Morgan fingerprint density at radius 1 is 1.31 bits per heavy atom. The molecule has 1 N–H and O–H groups in total. The van der Waals surface area contributed by atoms with E-state index < -0.39 is 11.7 Å². The maximum absolute atomic E-state index is 11.4. The van der Waals surface area contributed by atoms with Crippen LogP contribution in [0, 0.1) is 5.92 Å². The highest BCUT2D eigenvalue weighted by molar-refractivity contribution is 6.21. The molecule has 0 aliphatic rings. The summed E-state index contributed by atoms with van der Waals surface area (Å²) < 4.78 is 5.13. The third-order valence-corrected chi connectivity index (χ3v) is 2.91. The Balaban J connectivity index is 3.92. The van der Waals surface area contributed by atoms with Gasteiger partial charge in [-0.3, -0.25) is 0 Å². The van der Waals surface area contributed by atoms with Crippen LogP contribution >= 0.6 is 11.6 Å². The average molecular weight is 250 g/mol. The Bertz CT molecular complexity index is 210. The molecule has 4 heteroatoms. The molecule has 0 heterocycles. The monoisotopic (exact) mass is 249 g/mol. The van der Waals surface area contributed by atoms with Gasteiger partial charge in [-0.2, -0.15) is 0 Å². The van der Waals surface area contributed by atoms with E-state index in [0.717, 1.165) is 12.8 Å². The summed E-state index contributed by atoms with van der Waals surface area (Å²) in [4.78, 5) is 11.4. The van der Waals surface area contributed by atoms with Crippen LogP contribution in [0.5, 0.6) is 0 Å². The number of nitrogens with one attached hydrogen (secondary N) is 1. The molecule has 0 aromatic carbocycles. The molecule has 0 saturated carbocycles. The summed E-state index contributed by atoms with van der Waals surface area (Å²) in [5.74, 6) is 0.441. The van der Waals surface area contributed by atoms with Crippen molar-refractivity contribution in [2.75, 3.05) is 6.54 Å². The van der Waals surface area contributed by atoms with E-state index >= 15 is 0 Å². The molecular formula is C12H24ClNO2. The Morgan fingerprint density at radius 3 is 2.19 bits per heavy atom. The molecule has 0 aromatic rings. The number of alkyl halides is 1. The Morgan fingerprint density at radius 2 is 1.81 bits per heavy atom. The molecule has 0 aromatic heterocycles. The van der Waals surface area contributed by atoms with E-state index in [-0.39, 0.29) is 5.38 Å². The zero-order chi connectivity index (χ0) is 12.8. The standard InChI is InChI=1S/C12H24ClNO2/c1-6-9(7-2)10(13)8-14-11(15)16-12(3,4)5/h9-10H,6-8H2,1-5H3,(H,14,15). The van der Waals surface area contributed by atoms with Gasteiger partial charge in [-0.15, -0.1) is 11.6 Å². The smallest absolute Gasteiger partial charge is 0.407 e. The summed E-state index contributed by atoms with van der Waals surface area (Å²) in [7, 11) is 0. The van der Waals surface area contributed by atoms with E-state index in [1.807, 2.05) is 20.8 Å². The van der Waals surface area contributed by atoms with Crippen LogP contribution in [0.15, 0.2) is 0 Å². The second-order valence-electron chi connectivity index (χ2n) is 4.98. The molecule has 0 fully saturated rings. The lowest BCUT2D eigenvalue weighted by Crippen LogP contribution is -2.37. The van der Waals surface area contributed by atoms with Gasteiger partial charge < -0.3 is 10.1 Å². The number of amides is 1. The highest BCUT2D eigenvalue weighted by Gasteiger charge is 2.19. The Labute approximate surface area is 104 Å². The largest absolute Gasteiger partial charge is 0.444 e. The van der Waals surface area contributed by atoms with E-state index in [1.165, 1.54) is 0 Å². The first-order valence-electron chi connectivity index (χ1n) is 5.91. The Hall–Kier alpha value is -0.440. The van der Waals surface area contributed by atoms with E-state index in [0.29, 0.717) is 12.5 Å². The molecule has 0 radical (unpaired) electrons. The van der Waals surface area contributed by atoms with Crippen molar-refractivity contribution in [3.8, 4) is 0 Å². The van der Waals surface area contributed by atoms with Crippen LogP contribution in [0.3, 0.4) is 0 Å². The second kappa shape index (κ2) is 7.00. The van der Waals surface area contributed by atoms with Gasteiger partial charge in [0, 0.05) is 6.54 Å². The summed E-state index contributed by atoms with van der Waals surface area (Å²) in [6.45, 7) is 10.2. The van der Waals surface area contributed by atoms with Crippen LogP contribution in [0.25, 0.3) is 0 Å². The maximum Gasteiger partial charge on any atom is 0.407 e. The molecule has 0 aliphatic carbocycles. The van der Waals surface area contributed by atoms with Crippen LogP contribution < -0.4 is 5.32 Å². The van der Waals surface area contributed by atoms with Crippen LogP contribution in [0.1, 0.15) is 47.5 Å². The average Bonchev–Trinajstić information content (AvgIpc) is 2.14. The van der Waals surface area contributed by atoms with Gasteiger partial charge in [0.2, 0.25) is 0 Å². The lowest BCUT2D eigenvalue weighted by molar-refractivity contribution is 0.0525. The molecular weight excluding hydrogens is 226 g/mol. The number of carbonyl (C=O) groups excluding carboxylic acids is 1. The van der Waals surface area contributed by atoms with Crippen LogP contribution in [0.2, 0.25) is 0 Å². The number of ether oxygens (including phenoxy) is 1. The second-order valence-corrected chi connectivity index (χ2v) is 5.54. The summed E-state index contributed by atoms with van der Waals surface area (Å²) in [6, 6.07) is 0. The quantitative estimate of drug-likeness (QED) is 0.757. The van der Waals surface area contributed by atoms with Gasteiger partial charge in [0.15, 0.2) is 0 Å². The molecule has 0 aliphatic heterocycles. The molecule has 0 rings (SSSR count). The van der Waals surface area contributed by atoms with Crippen LogP contribution in [0.4, 0.5) is 4.79 Å². The molecule has 1 amide bonds. The molecule has 1 unspecified atom stereocenters. The van der Waals surface area contributed by atoms with Gasteiger partial charge in [-0.05, 0) is 26.7 Å². The van der Waals surface area contributed by atoms with Crippen molar-refractivity contribution in [3.05, 3.63) is 0 Å². The minimum atomic E-state index is -0.458. The maximum atomic E-state index is 11.4. The Kier molecular flexibility index (Phi) is 6.81. The molecule has 0 bridgehead atoms. The van der Waals surface area contributed by atoms with Gasteiger partial charge in [0.05, 0.1) is 5.38 Å². The minimum Gasteiger partial charge on any atom is -0.444 e. The molecule has 96 valence electrons. The fourth-order valence-electron chi connectivity index (χ4n) is 1.46. The van der Waals surface area contributed by atoms with E-state index in [4.69, 9.17) is 16.3 Å². The number of hydrogen-bond acceptors (Lipinski definition) is 2. The van der Waals surface area contributed by atoms with Crippen LogP contribution in [-0.4, -0.2) is 23.6 Å². The van der Waals surface area contributed by atoms with Gasteiger partial charge in [0.1, 0.15) is 5.60 Å². The van der Waals surface area contributed by atoms with Crippen molar-refractivity contribution in [1.82, 2.24) is 5.32 Å². The first kappa shape index (κ1) is 15.6. The predicted molar refractivity (Wildman–Crippen MR) is 67.9 cm³/mol. The lowest BCUT2D eigenvalue weighted by Gasteiger charge is -2.22. The van der Waals surface area contributed by atoms with Gasteiger partial charge in [-0.25, -0.2) is 4.79 Å². The SMILES string of the molecule is CCC(CC)C(Cl)CNC(=O)OC(C)(C)C. The molecule has 0 saturated heterocycles. The molecule has 3 nitrogen and oxygen atoms in total. The topological polar surface area (TPSA) is 38.3 Å². The summed E-state index contributed by atoms with van der Waals surface area (Å²) in [5, 5.41) is 2.67. The zero-order valence-electron chi connectivity index (χ0n) is 11.0. The van der Waals surface area contributed by atoms with Crippen molar-refractivity contribution in [3.63, 3.8) is 0 Å². The predicted octanol–water partition coefficient (Wildman–Crippen LogP) is 3.55. The van der Waals surface area contributed by atoms with E-state index in [2.05, 4.69) is 19.2 Å².